The molecular weight excluding hydrogens is 402 g/mol. The zero-order chi connectivity index (χ0) is 22.1. The van der Waals surface area contributed by atoms with Crippen LogP contribution >= 0.6 is 0 Å². The van der Waals surface area contributed by atoms with Gasteiger partial charge in [0.25, 0.3) is 11.2 Å². The number of hydrogen-bond donors (Lipinski definition) is 0. The summed E-state index contributed by atoms with van der Waals surface area (Å²) in [5.41, 5.74) is 1.76. The van der Waals surface area contributed by atoms with E-state index in [1.54, 1.807) is 41.0 Å². The standard InChI is InChI=1S/C26H17N3O3/c30-26-23-10-3-4-11-24(23)27-25(15-12-18-6-5-9-22(16-18)29(31)32)28(26)21-14-13-19-7-1-2-8-20(19)17-21/h1-17H. The topological polar surface area (TPSA) is 78.0 Å². The molecule has 0 aliphatic carbocycles. The molecule has 0 spiro atoms. The maximum absolute atomic E-state index is 13.4. The van der Waals surface area contributed by atoms with E-state index >= 15 is 0 Å². The lowest BCUT2D eigenvalue weighted by Gasteiger charge is -2.12. The number of nitrogens with zero attached hydrogens (tertiary/aromatic N) is 3. The van der Waals surface area contributed by atoms with Crippen molar-refractivity contribution >= 4 is 39.5 Å². The first kappa shape index (κ1) is 19.4. The van der Waals surface area contributed by atoms with Crippen molar-refractivity contribution in [3.63, 3.8) is 0 Å². The monoisotopic (exact) mass is 419 g/mol. The molecule has 5 aromatic rings. The van der Waals surface area contributed by atoms with Gasteiger partial charge < -0.3 is 0 Å². The highest BCUT2D eigenvalue weighted by Gasteiger charge is 2.12. The first-order valence-corrected chi connectivity index (χ1v) is 10.0. The van der Waals surface area contributed by atoms with Gasteiger partial charge in [-0.15, -0.1) is 0 Å². The lowest BCUT2D eigenvalue weighted by Crippen LogP contribution is -2.22. The van der Waals surface area contributed by atoms with Gasteiger partial charge in [-0.25, -0.2) is 4.98 Å². The summed E-state index contributed by atoms with van der Waals surface area (Å²) in [4.78, 5) is 28.8. The fourth-order valence-corrected chi connectivity index (χ4v) is 3.74. The molecule has 0 fully saturated rings. The maximum Gasteiger partial charge on any atom is 0.270 e. The van der Waals surface area contributed by atoms with E-state index in [4.69, 9.17) is 4.98 Å². The van der Waals surface area contributed by atoms with Gasteiger partial charge in [0.2, 0.25) is 0 Å². The Morgan fingerprint density at radius 1 is 0.812 bits per heavy atom. The molecule has 0 saturated carbocycles. The quantitative estimate of drug-likeness (QED) is 0.280. The Morgan fingerprint density at radius 3 is 2.44 bits per heavy atom. The lowest BCUT2D eigenvalue weighted by atomic mass is 10.1. The minimum atomic E-state index is -0.434. The van der Waals surface area contributed by atoms with Gasteiger partial charge in [0.05, 0.1) is 21.5 Å². The number of hydrogen-bond acceptors (Lipinski definition) is 4. The molecule has 1 aromatic heterocycles. The van der Waals surface area contributed by atoms with Crippen LogP contribution in [0.25, 0.3) is 39.5 Å². The summed E-state index contributed by atoms with van der Waals surface area (Å²) in [6.07, 6.45) is 3.43. The molecule has 6 heteroatoms. The second kappa shape index (κ2) is 7.92. The summed E-state index contributed by atoms with van der Waals surface area (Å²) in [7, 11) is 0. The minimum absolute atomic E-state index is 0.00513. The van der Waals surface area contributed by atoms with Gasteiger partial charge in [-0.05, 0) is 46.7 Å². The number of nitro benzene ring substituents is 1. The molecule has 6 nitrogen and oxygen atoms in total. The van der Waals surface area contributed by atoms with Crippen molar-refractivity contribution in [3.05, 3.63) is 123 Å². The molecule has 0 N–H and O–H groups in total. The molecule has 0 bridgehead atoms. The maximum atomic E-state index is 13.4. The fraction of sp³-hybridized carbons (Fsp3) is 0. The van der Waals surface area contributed by atoms with Crippen LogP contribution in [0.4, 0.5) is 5.69 Å². The summed E-state index contributed by atoms with van der Waals surface area (Å²) in [5.74, 6) is 0.440. The third-order valence-corrected chi connectivity index (χ3v) is 5.30. The third-order valence-electron chi connectivity index (χ3n) is 5.30. The number of benzene rings is 4. The van der Waals surface area contributed by atoms with Crippen molar-refractivity contribution in [2.45, 2.75) is 0 Å². The van der Waals surface area contributed by atoms with E-state index in [1.807, 2.05) is 54.6 Å². The van der Waals surface area contributed by atoms with Gasteiger partial charge in [0.1, 0.15) is 5.82 Å². The van der Waals surface area contributed by atoms with E-state index in [0.717, 1.165) is 10.8 Å². The zero-order valence-corrected chi connectivity index (χ0v) is 16.9. The van der Waals surface area contributed by atoms with Gasteiger partial charge in [-0.1, -0.05) is 60.7 Å². The molecule has 154 valence electrons. The Kier molecular flexibility index (Phi) is 4.80. The first-order chi connectivity index (χ1) is 15.6. The average molecular weight is 419 g/mol. The minimum Gasteiger partial charge on any atom is -0.268 e. The Labute approximate surface area is 182 Å². The molecule has 0 saturated heterocycles. The van der Waals surface area contributed by atoms with Gasteiger partial charge >= 0.3 is 0 Å². The van der Waals surface area contributed by atoms with Crippen molar-refractivity contribution in [2.24, 2.45) is 0 Å². The molecule has 0 aliphatic rings. The van der Waals surface area contributed by atoms with Gasteiger partial charge in [-0.3, -0.25) is 19.5 Å². The molecule has 4 aromatic carbocycles. The normalized spacial score (nSPS) is 11.4. The second-order valence-electron chi connectivity index (χ2n) is 7.34. The molecule has 0 atom stereocenters. The summed E-state index contributed by atoms with van der Waals surface area (Å²) >= 11 is 0. The van der Waals surface area contributed by atoms with Gasteiger partial charge in [0, 0.05) is 12.1 Å². The summed E-state index contributed by atoms with van der Waals surface area (Å²) in [5, 5.41) is 13.7. The van der Waals surface area contributed by atoms with Crippen molar-refractivity contribution in [1.29, 1.82) is 0 Å². The third kappa shape index (κ3) is 3.54. The Bertz CT molecular complexity index is 1590. The van der Waals surface area contributed by atoms with Crippen LogP contribution in [-0.4, -0.2) is 14.5 Å². The molecule has 32 heavy (non-hydrogen) atoms. The second-order valence-corrected chi connectivity index (χ2v) is 7.34. The highest BCUT2D eigenvalue weighted by molar-refractivity contribution is 5.85. The van der Waals surface area contributed by atoms with E-state index in [0.29, 0.717) is 28.0 Å². The molecule has 0 radical (unpaired) electrons. The van der Waals surface area contributed by atoms with Crippen molar-refractivity contribution < 1.29 is 4.92 Å². The Hall–Kier alpha value is -4.58. The van der Waals surface area contributed by atoms with Crippen LogP contribution in [0.5, 0.6) is 0 Å². The number of para-hydroxylation sites is 1. The molecule has 0 aliphatic heterocycles. The van der Waals surface area contributed by atoms with Gasteiger partial charge in [0.15, 0.2) is 0 Å². The number of nitro groups is 1. The average Bonchev–Trinajstić information content (AvgIpc) is 2.83. The van der Waals surface area contributed by atoms with E-state index < -0.39 is 4.92 Å². The van der Waals surface area contributed by atoms with Crippen molar-refractivity contribution in [2.75, 3.05) is 0 Å². The summed E-state index contributed by atoms with van der Waals surface area (Å²) in [6.45, 7) is 0. The first-order valence-electron chi connectivity index (χ1n) is 10.0. The molecular formula is C26H17N3O3. The van der Waals surface area contributed by atoms with Crippen molar-refractivity contribution in [1.82, 2.24) is 9.55 Å². The predicted octanol–water partition coefficient (Wildman–Crippen LogP) is 5.62. The van der Waals surface area contributed by atoms with E-state index in [9.17, 15) is 14.9 Å². The predicted molar refractivity (Wildman–Crippen MR) is 127 cm³/mol. The smallest absolute Gasteiger partial charge is 0.268 e. The summed E-state index contributed by atoms with van der Waals surface area (Å²) < 4.78 is 1.57. The van der Waals surface area contributed by atoms with Crippen LogP contribution in [0.2, 0.25) is 0 Å². The van der Waals surface area contributed by atoms with E-state index in [2.05, 4.69) is 0 Å². The SMILES string of the molecule is O=c1c2ccccc2nc(C=Cc2cccc([N+](=O)[O-])c2)n1-c1ccc2ccccc2c1. The van der Waals surface area contributed by atoms with E-state index in [1.165, 1.54) is 12.1 Å². The molecule has 0 amide bonds. The van der Waals surface area contributed by atoms with Crippen LogP contribution in [0, 0.1) is 10.1 Å². The summed E-state index contributed by atoms with van der Waals surface area (Å²) in [6, 6.07) is 27.3. The highest BCUT2D eigenvalue weighted by Crippen LogP contribution is 2.21. The Morgan fingerprint density at radius 2 is 1.59 bits per heavy atom. The van der Waals surface area contributed by atoms with Crippen LogP contribution < -0.4 is 5.56 Å². The number of rotatable bonds is 4. The molecule has 5 rings (SSSR count). The van der Waals surface area contributed by atoms with E-state index in [-0.39, 0.29) is 11.2 Å². The number of non-ortho nitro benzene ring substituents is 1. The van der Waals surface area contributed by atoms with Gasteiger partial charge in [-0.2, -0.15) is 0 Å². The number of fused-ring (bicyclic) bond motifs is 2. The zero-order valence-electron chi connectivity index (χ0n) is 16.9. The fourth-order valence-electron chi connectivity index (χ4n) is 3.74. The van der Waals surface area contributed by atoms with Crippen LogP contribution in [-0.2, 0) is 0 Å². The number of aromatic nitrogens is 2. The molecule has 0 unspecified atom stereocenters. The van der Waals surface area contributed by atoms with Crippen LogP contribution in [0.3, 0.4) is 0 Å². The lowest BCUT2D eigenvalue weighted by molar-refractivity contribution is -0.384. The molecule has 1 heterocycles. The van der Waals surface area contributed by atoms with Crippen LogP contribution in [0.1, 0.15) is 11.4 Å². The highest BCUT2D eigenvalue weighted by atomic mass is 16.6. The largest absolute Gasteiger partial charge is 0.270 e. The van der Waals surface area contributed by atoms with Crippen molar-refractivity contribution in [3.8, 4) is 5.69 Å². The Balaban J connectivity index is 1.71. The van der Waals surface area contributed by atoms with Crippen LogP contribution in [0.15, 0.2) is 95.8 Å².